The molecular formula is C24H27FN4OS. The van der Waals surface area contributed by atoms with Crippen LogP contribution in [0.15, 0.2) is 59.8 Å². The molecule has 3 aromatic rings. The molecule has 1 aliphatic carbocycles. The molecule has 1 aliphatic rings. The summed E-state index contributed by atoms with van der Waals surface area (Å²) in [5, 5.41) is 12.7. The molecule has 4 rings (SSSR count). The molecule has 1 saturated carbocycles. The van der Waals surface area contributed by atoms with Crippen LogP contribution in [0, 0.1) is 5.82 Å². The molecule has 1 fully saturated rings. The topological polar surface area (TPSA) is 59.8 Å². The molecule has 5 nitrogen and oxygen atoms in total. The highest BCUT2D eigenvalue weighted by Gasteiger charge is 2.18. The van der Waals surface area contributed by atoms with Crippen LogP contribution in [-0.4, -0.2) is 32.5 Å². The third kappa shape index (κ3) is 5.94. The van der Waals surface area contributed by atoms with Crippen LogP contribution < -0.4 is 5.32 Å². The minimum absolute atomic E-state index is 0.104. The summed E-state index contributed by atoms with van der Waals surface area (Å²) in [6.45, 7) is 0.608. The van der Waals surface area contributed by atoms with Gasteiger partial charge in [0.1, 0.15) is 5.82 Å². The van der Waals surface area contributed by atoms with Crippen molar-refractivity contribution in [3.05, 3.63) is 66.0 Å². The highest BCUT2D eigenvalue weighted by molar-refractivity contribution is 7.99. The first-order valence-corrected chi connectivity index (χ1v) is 11.8. The molecule has 0 atom stereocenters. The quantitative estimate of drug-likeness (QED) is 0.499. The monoisotopic (exact) mass is 438 g/mol. The van der Waals surface area contributed by atoms with E-state index in [4.69, 9.17) is 0 Å². The molecule has 0 bridgehead atoms. The number of hydrogen-bond donors (Lipinski definition) is 1. The number of benzene rings is 2. The second-order valence-corrected chi connectivity index (χ2v) is 8.95. The number of nitrogens with zero attached hydrogens (tertiary/aromatic N) is 3. The molecule has 0 unspecified atom stereocenters. The van der Waals surface area contributed by atoms with E-state index in [1.165, 1.54) is 43.2 Å². The van der Waals surface area contributed by atoms with Gasteiger partial charge >= 0.3 is 0 Å². The lowest BCUT2D eigenvalue weighted by atomic mass is 9.95. The van der Waals surface area contributed by atoms with E-state index in [1.807, 2.05) is 22.8 Å². The van der Waals surface area contributed by atoms with Crippen LogP contribution in [-0.2, 0) is 11.3 Å². The number of rotatable bonds is 8. The normalized spacial score (nSPS) is 14.5. The Hall–Kier alpha value is -2.67. The second-order valence-electron chi connectivity index (χ2n) is 7.89. The largest absolute Gasteiger partial charge is 0.353 e. The zero-order chi connectivity index (χ0) is 21.5. The van der Waals surface area contributed by atoms with Crippen molar-refractivity contribution in [2.75, 3.05) is 5.75 Å². The maximum absolute atomic E-state index is 13.4. The first-order valence-electron chi connectivity index (χ1n) is 10.8. The Bertz CT molecular complexity index is 985. The second kappa shape index (κ2) is 10.6. The Morgan fingerprint density at radius 1 is 1.03 bits per heavy atom. The van der Waals surface area contributed by atoms with Crippen molar-refractivity contribution in [2.45, 2.75) is 56.3 Å². The van der Waals surface area contributed by atoms with Crippen LogP contribution in [0.3, 0.4) is 0 Å². The first-order chi connectivity index (χ1) is 15.2. The van der Waals surface area contributed by atoms with Crippen molar-refractivity contribution in [1.82, 2.24) is 20.1 Å². The third-order valence-corrected chi connectivity index (χ3v) is 6.50. The van der Waals surface area contributed by atoms with E-state index in [0.717, 1.165) is 29.1 Å². The number of thioether (sulfide) groups is 1. The fourth-order valence-corrected chi connectivity index (χ4v) is 4.77. The van der Waals surface area contributed by atoms with Gasteiger partial charge in [-0.15, -0.1) is 10.2 Å². The maximum atomic E-state index is 13.4. The summed E-state index contributed by atoms with van der Waals surface area (Å²) in [5.74, 6) is 1.15. The van der Waals surface area contributed by atoms with Crippen LogP contribution in [0.2, 0.25) is 0 Å². The summed E-state index contributed by atoms with van der Waals surface area (Å²) in [7, 11) is 0. The molecule has 0 aliphatic heterocycles. The number of nitrogens with one attached hydrogen (secondary N) is 1. The molecule has 1 N–H and O–H groups in total. The molecule has 0 radical (unpaired) electrons. The van der Waals surface area contributed by atoms with Crippen molar-refractivity contribution in [3.8, 4) is 11.4 Å². The van der Waals surface area contributed by atoms with Gasteiger partial charge in [0.25, 0.3) is 0 Å². The zero-order valence-electron chi connectivity index (χ0n) is 17.5. The summed E-state index contributed by atoms with van der Waals surface area (Å²) in [6, 6.07) is 16.7. The molecule has 31 heavy (non-hydrogen) atoms. The molecule has 1 amide bonds. The molecule has 0 saturated heterocycles. The lowest BCUT2D eigenvalue weighted by molar-refractivity contribution is -0.121. The van der Waals surface area contributed by atoms with E-state index in [-0.39, 0.29) is 11.7 Å². The molecule has 2 aromatic carbocycles. The van der Waals surface area contributed by atoms with E-state index in [9.17, 15) is 9.18 Å². The third-order valence-electron chi connectivity index (χ3n) is 5.53. The van der Waals surface area contributed by atoms with E-state index in [1.54, 1.807) is 12.1 Å². The summed E-state index contributed by atoms with van der Waals surface area (Å²) in [6.07, 6.45) is 6.31. The highest BCUT2D eigenvalue weighted by Crippen LogP contribution is 2.26. The van der Waals surface area contributed by atoms with Crippen LogP contribution in [0.25, 0.3) is 11.4 Å². The van der Waals surface area contributed by atoms with Crippen LogP contribution >= 0.6 is 11.8 Å². The number of aromatic nitrogens is 3. The summed E-state index contributed by atoms with van der Waals surface area (Å²) >= 11 is 1.53. The van der Waals surface area contributed by atoms with Gasteiger partial charge in [-0.25, -0.2) is 4.39 Å². The van der Waals surface area contributed by atoms with Crippen molar-refractivity contribution in [3.63, 3.8) is 0 Å². The lowest BCUT2D eigenvalue weighted by Crippen LogP contribution is -2.36. The molecule has 162 valence electrons. The Kier molecular flexibility index (Phi) is 7.35. The predicted octanol–water partition coefficient (Wildman–Crippen LogP) is 5.06. The smallest absolute Gasteiger partial charge is 0.221 e. The van der Waals surface area contributed by atoms with Gasteiger partial charge in [0.05, 0.1) is 6.54 Å². The van der Waals surface area contributed by atoms with E-state index in [2.05, 4.69) is 27.6 Å². The number of hydrogen-bond acceptors (Lipinski definition) is 4. The Morgan fingerprint density at radius 3 is 2.52 bits per heavy atom. The first kappa shape index (κ1) is 21.6. The Morgan fingerprint density at radius 2 is 1.77 bits per heavy atom. The summed E-state index contributed by atoms with van der Waals surface area (Å²) < 4.78 is 15.4. The minimum Gasteiger partial charge on any atom is -0.353 e. The molecular weight excluding hydrogens is 411 g/mol. The molecule has 1 heterocycles. The van der Waals surface area contributed by atoms with Gasteiger partial charge in [-0.2, -0.15) is 0 Å². The van der Waals surface area contributed by atoms with Gasteiger partial charge in [-0.3, -0.25) is 9.36 Å². The highest BCUT2D eigenvalue weighted by atomic mass is 32.2. The lowest BCUT2D eigenvalue weighted by Gasteiger charge is -2.22. The van der Waals surface area contributed by atoms with Crippen molar-refractivity contribution >= 4 is 17.7 Å². The maximum Gasteiger partial charge on any atom is 0.221 e. The molecule has 7 heteroatoms. The van der Waals surface area contributed by atoms with E-state index >= 15 is 0 Å². The number of carbonyl (C=O) groups is 1. The van der Waals surface area contributed by atoms with E-state index < -0.39 is 0 Å². The Labute approximate surface area is 186 Å². The van der Waals surface area contributed by atoms with Crippen molar-refractivity contribution in [1.29, 1.82) is 0 Å². The van der Waals surface area contributed by atoms with Gasteiger partial charge in [0.15, 0.2) is 11.0 Å². The molecule has 1 aromatic heterocycles. The van der Waals surface area contributed by atoms with Gasteiger partial charge in [-0.1, -0.05) is 61.4 Å². The van der Waals surface area contributed by atoms with Crippen molar-refractivity contribution < 1.29 is 9.18 Å². The number of halogens is 1. The fraction of sp³-hybridized carbons (Fsp3) is 0.375. The standard InChI is InChI=1S/C24H27FN4OS/c25-20-13-11-19(12-14-20)23-27-28-24(29(23)17-18-7-3-1-4-8-18)31-16-15-22(30)26-21-9-5-2-6-10-21/h1,3-4,7-8,11-14,21H,2,5-6,9-10,15-17H2,(H,26,30). The SMILES string of the molecule is O=C(CCSc1nnc(-c2ccc(F)cc2)n1Cc1ccccc1)NC1CCCCC1. The van der Waals surface area contributed by atoms with Crippen molar-refractivity contribution in [2.24, 2.45) is 0 Å². The summed E-state index contributed by atoms with van der Waals surface area (Å²) in [4.78, 5) is 12.3. The minimum atomic E-state index is -0.281. The zero-order valence-corrected chi connectivity index (χ0v) is 18.3. The van der Waals surface area contributed by atoms with Crippen LogP contribution in [0.5, 0.6) is 0 Å². The fourth-order valence-electron chi connectivity index (χ4n) is 3.90. The van der Waals surface area contributed by atoms with Crippen LogP contribution in [0.4, 0.5) is 4.39 Å². The average Bonchev–Trinajstić information content (AvgIpc) is 3.18. The average molecular weight is 439 g/mol. The van der Waals surface area contributed by atoms with Crippen LogP contribution in [0.1, 0.15) is 44.1 Å². The Balaban J connectivity index is 1.44. The number of carbonyl (C=O) groups excluding carboxylic acids is 1. The molecule has 0 spiro atoms. The van der Waals surface area contributed by atoms with Gasteiger partial charge < -0.3 is 5.32 Å². The van der Waals surface area contributed by atoms with Gasteiger partial charge in [0, 0.05) is 23.8 Å². The number of amides is 1. The van der Waals surface area contributed by atoms with Gasteiger partial charge in [-0.05, 0) is 42.7 Å². The summed E-state index contributed by atoms with van der Waals surface area (Å²) in [5.41, 5.74) is 1.94. The van der Waals surface area contributed by atoms with Gasteiger partial charge in [0.2, 0.25) is 5.91 Å². The van der Waals surface area contributed by atoms with E-state index in [0.29, 0.717) is 30.6 Å². The predicted molar refractivity (Wildman–Crippen MR) is 121 cm³/mol.